The fraction of sp³-hybridized carbons (Fsp3) is 0.231. The summed E-state index contributed by atoms with van der Waals surface area (Å²) in [4.78, 5) is 0. The monoisotopic (exact) mass is 291 g/mol. The van der Waals surface area contributed by atoms with E-state index in [9.17, 15) is 0 Å². The molecule has 1 unspecified atom stereocenters. The van der Waals surface area contributed by atoms with Gasteiger partial charge in [0.2, 0.25) is 0 Å². The van der Waals surface area contributed by atoms with Crippen molar-refractivity contribution in [3.05, 3.63) is 58.3 Å². The van der Waals surface area contributed by atoms with Gasteiger partial charge in [0.25, 0.3) is 0 Å². The number of halogens is 1. The van der Waals surface area contributed by atoms with E-state index in [0.29, 0.717) is 0 Å². The van der Waals surface area contributed by atoms with E-state index in [1.54, 1.807) is 6.20 Å². The molecule has 0 aliphatic carbocycles. The smallest absolute Gasteiger partial charge is 0.0769 e. The molecule has 2 rings (SSSR count). The topological polar surface area (TPSA) is 37.8 Å². The molecule has 1 aromatic carbocycles. The first-order valence-electron chi connectivity index (χ1n) is 5.51. The van der Waals surface area contributed by atoms with E-state index in [-0.39, 0.29) is 6.04 Å². The lowest BCUT2D eigenvalue weighted by molar-refractivity contribution is 0.564. The Hall–Kier alpha value is -1.26. The van der Waals surface area contributed by atoms with Crippen molar-refractivity contribution in [1.29, 1.82) is 0 Å². The number of hydrogen-bond donors (Lipinski definition) is 1. The third-order valence-corrected chi connectivity index (χ3v) is 3.06. The first kappa shape index (κ1) is 12.2. The summed E-state index contributed by atoms with van der Waals surface area (Å²) in [5.41, 5.74) is 2.21. The molecular formula is C13H14BrN3. The number of hydrogen-bond acceptors (Lipinski definition) is 3. The zero-order valence-corrected chi connectivity index (χ0v) is 11.2. The predicted molar refractivity (Wildman–Crippen MR) is 71.4 cm³/mol. The first-order valence-corrected chi connectivity index (χ1v) is 6.30. The summed E-state index contributed by atoms with van der Waals surface area (Å²) < 4.78 is 1.10. The molecule has 0 spiro atoms. The number of nitrogens with one attached hydrogen (secondary N) is 1. The summed E-state index contributed by atoms with van der Waals surface area (Å²) in [6.45, 7) is 2.86. The highest BCUT2D eigenvalue weighted by atomic mass is 79.9. The number of nitrogens with zero attached hydrogens (tertiary/aromatic N) is 2. The standard InChI is InChI=1S/C13H14BrN3/c1-10(11-4-2-5-12(14)8-11)15-9-13-6-3-7-16-17-13/h2-8,10,15H,9H2,1H3. The van der Waals surface area contributed by atoms with Gasteiger partial charge in [-0.2, -0.15) is 10.2 Å². The van der Waals surface area contributed by atoms with E-state index < -0.39 is 0 Å². The van der Waals surface area contributed by atoms with Crippen LogP contribution in [0.25, 0.3) is 0 Å². The second-order valence-corrected chi connectivity index (χ2v) is 4.79. The van der Waals surface area contributed by atoms with Crippen LogP contribution in [0.2, 0.25) is 0 Å². The molecule has 0 radical (unpaired) electrons. The van der Waals surface area contributed by atoms with Crippen molar-refractivity contribution in [2.24, 2.45) is 0 Å². The molecule has 0 saturated heterocycles. The molecular weight excluding hydrogens is 278 g/mol. The fourth-order valence-electron chi connectivity index (χ4n) is 1.58. The Bertz CT molecular complexity index is 473. The van der Waals surface area contributed by atoms with Crippen LogP contribution in [0.3, 0.4) is 0 Å². The lowest BCUT2D eigenvalue weighted by Gasteiger charge is -2.13. The highest BCUT2D eigenvalue weighted by molar-refractivity contribution is 9.10. The average molecular weight is 292 g/mol. The van der Waals surface area contributed by atoms with Crippen LogP contribution in [0, 0.1) is 0 Å². The summed E-state index contributed by atoms with van der Waals surface area (Å²) in [7, 11) is 0. The van der Waals surface area contributed by atoms with Gasteiger partial charge in [-0.25, -0.2) is 0 Å². The van der Waals surface area contributed by atoms with E-state index in [2.05, 4.69) is 50.5 Å². The summed E-state index contributed by atoms with van der Waals surface area (Å²) in [6, 6.07) is 12.4. The Balaban J connectivity index is 1.96. The van der Waals surface area contributed by atoms with Crippen molar-refractivity contribution in [2.45, 2.75) is 19.5 Å². The van der Waals surface area contributed by atoms with Crippen molar-refractivity contribution in [1.82, 2.24) is 15.5 Å². The van der Waals surface area contributed by atoms with Gasteiger partial charge < -0.3 is 5.32 Å². The molecule has 1 atom stereocenters. The SMILES string of the molecule is CC(NCc1cccnn1)c1cccc(Br)c1. The molecule has 0 aliphatic rings. The minimum absolute atomic E-state index is 0.287. The van der Waals surface area contributed by atoms with Gasteiger partial charge in [0.1, 0.15) is 0 Å². The van der Waals surface area contributed by atoms with E-state index in [0.717, 1.165) is 16.7 Å². The number of rotatable bonds is 4. The Morgan fingerprint density at radius 1 is 1.29 bits per heavy atom. The molecule has 1 heterocycles. The number of aromatic nitrogens is 2. The normalized spacial score (nSPS) is 12.4. The summed E-state index contributed by atoms with van der Waals surface area (Å²) in [5, 5.41) is 11.3. The van der Waals surface area contributed by atoms with Crippen LogP contribution in [0.1, 0.15) is 24.2 Å². The fourth-order valence-corrected chi connectivity index (χ4v) is 2.00. The van der Waals surface area contributed by atoms with Crippen molar-refractivity contribution >= 4 is 15.9 Å². The third-order valence-electron chi connectivity index (χ3n) is 2.57. The van der Waals surface area contributed by atoms with Crippen molar-refractivity contribution in [3.8, 4) is 0 Å². The van der Waals surface area contributed by atoms with Gasteiger partial charge in [0.15, 0.2) is 0 Å². The van der Waals surface area contributed by atoms with Gasteiger partial charge in [-0.3, -0.25) is 0 Å². The highest BCUT2D eigenvalue weighted by Crippen LogP contribution is 2.17. The van der Waals surface area contributed by atoms with Crippen LogP contribution < -0.4 is 5.32 Å². The lowest BCUT2D eigenvalue weighted by Crippen LogP contribution is -2.18. The maximum absolute atomic E-state index is 4.04. The molecule has 17 heavy (non-hydrogen) atoms. The van der Waals surface area contributed by atoms with Crippen molar-refractivity contribution in [3.63, 3.8) is 0 Å². The molecule has 0 aliphatic heterocycles. The average Bonchev–Trinajstić information content (AvgIpc) is 2.37. The first-order chi connectivity index (χ1) is 8.25. The molecule has 0 bridgehead atoms. The lowest BCUT2D eigenvalue weighted by atomic mass is 10.1. The molecule has 1 aromatic heterocycles. The molecule has 0 fully saturated rings. The van der Waals surface area contributed by atoms with Crippen LogP contribution >= 0.6 is 15.9 Å². The molecule has 88 valence electrons. The molecule has 2 aromatic rings. The van der Waals surface area contributed by atoms with Gasteiger partial charge in [0.05, 0.1) is 5.69 Å². The highest BCUT2D eigenvalue weighted by Gasteiger charge is 2.05. The van der Waals surface area contributed by atoms with Crippen LogP contribution in [-0.4, -0.2) is 10.2 Å². The largest absolute Gasteiger partial charge is 0.304 e. The van der Waals surface area contributed by atoms with Gasteiger partial charge in [-0.1, -0.05) is 28.1 Å². The molecule has 0 amide bonds. The maximum Gasteiger partial charge on any atom is 0.0769 e. The van der Waals surface area contributed by atoms with Gasteiger partial charge in [0, 0.05) is 23.3 Å². The van der Waals surface area contributed by atoms with E-state index in [1.165, 1.54) is 5.56 Å². The Morgan fingerprint density at radius 2 is 2.18 bits per heavy atom. The predicted octanol–water partition coefficient (Wildman–Crippen LogP) is 3.09. The summed E-state index contributed by atoms with van der Waals surface area (Å²) in [6.07, 6.45) is 1.68. The van der Waals surface area contributed by atoms with Gasteiger partial charge in [-0.05, 0) is 36.8 Å². The minimum atomic E-state index is 0.287. The summed E-state index contributed by atoms with van der Waals surface area (Å²) >= 11 is 3.48. The third kappa shape index (κ3) is 3.61. The molecule has 1 N–H and O–H groups in total. The molecule has 4 heteroatoms. The van der Waals surface area contributed by atoms with E-state index in [1.807, 2.05) is 24.3 Å². The zero-order valence-electron chi connectivity index (χ0n) is 9.60. The van der Waals surface area contributed by atoms with Crippen LogP contribution in [0.15, 0.2) is 47.1 Å². The van der Waals surface area contributed by atoms with Gasteiger partial charge >= 0.3 is 0 Å². The van der Waals surface area contributed by atoms with Crippen molar-refractivity contribution < 1.29 is 0 Å². The maximum atomic E-state index is 4.04. The van der Waals surface area contributed by atoms with E-state index in [4.69, 9.17) is 0 Å². The molecule has 0 saturated carbocycles. The molecule has 3 nitrogen and oxygen atoms in total. The van der Waals surface area contributed by atoms with Crippen molar-refractivity contribution in [2.75, 3.05) is 0 Å². The number of benzene rings is 1. The van der Waals surface area contributed by atoms with Gasteiger partial charge in [-0.15, -0.1) is 0 Å². The second-order valence-electron chi connectivity index (χ2n) is 3.87. The van der Waals surface area contributed by atoms with E-state index >= 15 is 0 Å². The van der Waals surface area contributed by atoms with Crippen LogP contribution in [-0.2, 0) is 6.54 Å². The second kappa shape index (κ2) is 5.89. The summed E-state index contributed by atoms with van der Waals surface area (Å²) in [5.74, 6) is 0. The quantitative estimate of drug-likeness (QED) is 0.941. The van der Waals surface area contributed by atoms with Crippen LogP contribution in [0.5, 0.6) is 0 Å². The Labute approximate surface area is 109 Å². The zero-order chi connectivity index (χ0) is 12.1. The Kier molecular flexibility index (Phi) is 4.23. The Morgan fingerprint density at radius 3 is 2.88 bits per heavy atom. The van der Waals surface area contributed by atoms with Crippen LogP contribution in [0.4, 0.5) is 0 Å². The minimum Gasteiger partial charge on any atom is -0.304 e.